The number of piperazine rings is 1. The van der Waals surface area contributed by atoms with E-state index in [2.05, 4.69) is 15.5 Å². The molecule has 0 spiro atoms. The summed E-state index contributed by atoms with van der Waals surface area (Å²) >= 11 is 0. The first-order valence-corrected chi connectivity index (χ1v) is 16.0. The van der Waals surface area contributed by atoms with E-state index >= 15 is 0 Å². The number of halogens is 2. The Balaban J connectivity index is 1.27. The number of amides is 4. The Bertz CT molecular complexity index is 1350. The van der Waals surface area contributed by atoms with Gasteiger partial charge in [0.2, 0.25) is 23.6 Å². The quantitative estimate of drug-likeness (QED) is 0.309. The first-order valence-electron chi connectivity index (χ1n) is 16.0. The Kier molecular flexibility index (Phi) is 9.57. The lowest BCUT2D eigenvalue weighted by molar-refractivity contribution is -0.144. The molecule has 6 rings (SSSR count). The maximum Gasteiger partial charge on any atom is 0.240 e. The number of rotatable bonds is 3. The molecule has 5 aliphatic heterocycles. The summed E-state index contributed by atoms with van der Waals surface area (Å²) in [6.45, 7) is 3.72. The maximum atomic E-state index is 14.2. The molecule has 252 valence electrons. The lowest BCUT2D eigenvalue weighted by Gasteiger charge is -2.43. The number of likely N-dealkylation sites (tertiary alicyclic amines) is 2. The van der Waals surface area contributed by atoms with E-state index in [1.165, 1.54) is 13.0 Å². The summed E-state index contributed by atoms with van der Waals surface area (Å²) < 4.78 is 33.5. The van der Waals surface area contributed by atoms with Gasteiger partial charge < -0.3 is 35.4 Å². The molecular weight excluding hydrogens is 606 g/mol. The van der Waals surface area contributed by atoms with Gasteiger partial charge in [-0.1, -0.05) is 6.07 Å². The van der Waals surface area contributed by atoms with Gasteiger partial charge in [0.25, 0.3) is 0 Å². The van der Waals surface area contributed by atoms with Crippen LogP contribution in [0.1, 0.15) is 38.2 Å². The number of aliphatic hydroxyl groups excluding tert-OH is 2. The van der Waals surface area contributed by atoms with Crippen LogP contribution >= 0.6 is 0 Å². The van der Waals surface area contributed by atoms with Crippen LogP contribution in [0.3, 0.4) is 0 Å². The minimum atomic E-state index is -1.33. The van der Waals surface area contributed by atoms with Crippen LogP contribution in [0.15, 0.2) is 18.2 Å². The summed E-state index contributed by atoms with van der Waals surface area (Å²) in [7, 11) is 0. The van der Waals surface area contributed by atoms with Crippen molar-refractivity contribution in [3.63, 3.8) is 0 Å². The van der Waals surface area contributed by atoms with Gasteiger partial charge in [-0.3, -0.25) is 29.0 Å². The van der Waals surface area contributed by atoms with Crippen molar-refractivity contribution >= 4 is 23.6 Å². The van der Waals surface area contributed by atoms with Gasteiger partial charge in [0.05, 0.1) is 18.6 Å². The first kappa shape index (κ1) is 32.7. The molecule has 4 amide bonds. The van der Waals surface area contributed by atoms with Crippen molar-refractivity contribution in [2.75, 3.05) is 45.8 Å². The topological polar surface area (TPSA) is 155 Å². The molecule has 5 aliphatic rings. The van der Waals surface area contributed by atoms with E-state index in [0.29, 0.717) is 51.0 Å². The molecule has 5 fully saturated rings. The molecule has 6 bridgehead atoms. The largest absolute Gasteiger partial charge is 0.388 e. The van der Waals surface area contributed by atoms with Gasteiger partial charge in [0.15, 0.2) is 11.6 Å². The summed E-state index contributed by atoms with van der Waals surface area (Å²) in [6.07, 6.45) is -3.10. The van der Waals surface area contributed by atoms with Crippen molar-refractivity contribution in [2.45, 2.75) is 87.7 Å². The zero-order chi connectivity index (χ0) is 32.7. The third kappa shape index (κ3) is 6.74. The molecule has 15 heteroatoms. The summed E-state index contributed by atoms with van der Waals surface area (Å²) in [6, 6.07) is 1.83. The van der Waals surface area contributed by atoms with Crippen LogP contribution in [-0.2, 0) is 30.5 Å². The third-order valence-corrected chi connectivity index (χ3v) is 10.2. The van der Waals surface area contributed by atoms with E-state index in [0.717, 1.165) is 12.1 Å². The fourth-order valence-electron chi connectivity index (χ4n) is 7.62. The average Bonchev–Trinajstić information content (AvgIpc) is 3.57. The number of carbonyl (C=O) groups is 4. The van der Waals surface area contributed by atoms with Crippen LogP contribution in [0.5, 0.6) is 0 Å². The molecule has 46 heavy (non-hydrogen) atoms. The van der Waals surface area contributed by atoms with Crippen molar-refractivity contribution in [3.05, 3.63) is 35.4 Å². The van der Waals surface area contributed by atoms with Gasteiger partial charge in [0, 0.05) is 71.4 Å². The SMILES string of the molecule is CC(=O)N1CCC(N2C[C@@H]3C[C@H]2C(=O)N2CCN(Cc4ccc(F)c(F)c4)[C@@H](C2)C(=O)NC[C@H]2O[C@@H](CC(=O)N3)[C@H](O)[C@@H]2O)CC1. The number of carbonyl (C=O) groups excluding carboxylic acids is 4. The van der Waals surface area contributed by atoms with E-state index in [-0.39, 0.29) is 62.4 Å². The van der Waals surface area contributed by atoms with Crippen molar-refractivity contribution < 1.29 is 42.9 Å². The van der Waals surface area contributed by atoms with Gasteiger partial charge in [-0.2, -0.15) is 0 Å². The first-order chi connectivity index (χ1) is 22.0. The lowest BCUT2D eigenvalue weighted by Crippen LogP contribution is -2.62. The minimum absolute atomic E-state index is 0.00392. The number of hydrogen-bond acceptors (Lipinski definition) is 9. The molecule has 0 unspecified atom stereocenters. The highest BCUT2D eigenvalue weighted by Crippen LogP contribution is 2.30. The van der Waals surface area contributed by atoms with Crippen LogP contribution in [-0.4, -0.2) is 148 Å². The maximum absolute atomic E-state index is 14.2. The highest BCUT2D eigenvalue weighted by atomic mass is 19.2. The number of nitrogens with one attached hydrogen (secondary N) is 2. The number of hydrogen-bond donors (Lipinski definition) is 4. The molecule has 0 aromatic heterocycles. The summed E-state index contributed by atoms with van der Waals surface area (Å²) in [5.41, 5.74) is 0.469. The standard InChI is InChI=1S/C31H42F2N6O7/c1-17(40)36-6-4-20(5-7-36)39-15-19-11-23(39)31(45)38-9-8-37(14-18-2-3-21(32)22(33)10-18)24(16-38)30(44)34-13-26-29(43)28(42)25(46-26)12-27(41)35-19/h2-3,10,19-20,23-26,28-29,42-43H,4-9,11-16H2,1H3,(H,34,44)(H,35,41)/t19-,23-,24-,25-,26+,28-,29+/m0/s1. The fourth-order valence-corrected chi connectivity index (χ4v) is 7.62. The van der Waals surface area contributed by atoms with Crippen LogP contribution in [0.4, 0.5) is 8.78 Å². The molecule has 5 saturated heterocycles. The Morgan fingerprint density at radius 1 is 0.978 bits per heavy atom. The van der Waals surface area contributed by atoms with Crippen molar-refractivity contribution in [1.82, 2.24) is 30.2 Å². The minimum Gasteiger partial charge on any atom is -0.388 e. The van der Waals surface area contributed by atoms with Crippen LogP contribution < -0.4 is 10.6 Å². The Hall–Kier alpha value is -3.24. The van der Waals surface area contributed by atoms with E-state index in [9.17, 15) is 38.2 Å². The van der Waals surface area contributed by atoms with Crippen LogP contribution in [0, 0.1) is 11.6 Å². The van der Waals surface area contributed by atoms with Gasteiger partial charge in [0.1, 0.15) is 24.4 Å². The fraction of sp³-hybridized carbons (Fsp3) is 0.677. The molecule has 1 aromatic carbocycles. The normalized spacial score (nSPS) is 33.7. The van der Waals surface area contributed by atoms with Crippen molar-refractivity contribution in [1.29, 1.82) is 0 Å². The average molecular weight is 649 g/mol. The Labute approximate surface area is 265 Å². The molecular formula is C31H42F2N6O7. The lowest BCUT2D eigenvalue weighted by atomic mass is 10.0. The van der Waals surface area contributed by atoms with E-state index in [1.807, 2.05) is 4.90 Å². The van der Waals surface area contributed by atoms with E-state index < -0.39 is 54.0 Å². The predicted octanol–water partition coefficient (Wildman–Crippen LogP) is -1.44. The molecule has 0 aliphatic carbocycles. The van der Waals surface area contributed by atoms with Crippen molar-refractivity contribution in [2.24, 2.45) is 0 Å². The highest BCUT2D eigenvalue weighted by Gasteiger charge is 2.47. The van der Waals surface area contributed by atoms with Crippen LogP contribution in [0.2, 0.25) is 0 Å². The van der Waals surface area contributed by atoms with Gasteiger partial charge in [-0.15, -0.1) is 0 Å². The zero-order valence-electron chi connectivity index (χ0n) is 25.8. The van der Waals surface area contributed by atoms with E-state index in [4.69, 9.17) is 4.74 Å². The molecule has 13 nitrogen and oxygen atoms in total. The molecule has 4 N–H and O–H groups in total. The van der Waals surface area contributed by atoms with Crippen LogP contribution in [0.25, 0.3) is 0 Å². The summed E-state index contributed by atoms with van der Waals surface area (Å²) in [5.74, 6) is -2.94. The Morgan fingerprint density at radius 2 is 1.72 bits per heavy atom. The van der Waals surface area contributed by atoms with Gasteiger partial charge >= 0.3 is 0 Å². The smallest absolute Gasteiger partial charge is 0.240 e. The molecule has 1 aromatic rings. The number of benzene rings is 1. The highest BCUT2D eigenvalue weighted by molar-refractivity contribution is 5.86. The third-order valence-electron chi connectivity index (χ3n) is 10.2. The summed E-state index contributed by atoms with van der Waals surface area (Å²) in [4.78, 5) is 60.3. The Morgan fingerprint density at radius 3 is 2.43 bits per heavy atom. The second kappa shape index (κ2) is 13.5. The van der Waals surface area contributed by atoms with E-state index in [1.54, 1.807) is 9.80 Å². The molecule has 5 heterocycles. The molecule has 0 radical (unpaired) electrons. The van der Waals surface area contributed by atoms with Gasteiger partial charge in [-0.25, -0.2) is 8.78 Å². The van der Waals surface area contributed by atoms with Gasteiger partial charge in [-0.05, 0) is 37.0 Å². The summed E-state index contributed by atoms with van der Waals surface area (Å²) in [5, 5.41) is 27.1. The van der Waals surface area contributed by atoms with Crippen molar-refractivity contribution in [3.8, 4) is 0 Å². The predicted molar refractivity (Wildman–Crippen MR) is 158 cm³/mol. The monoisotopic (exact) mass is 648 g/mol. The number of fused-ring (bicyclic) bond motifs is 6. The number of ether oxygens (including phenoxy) is 1. The number of nitrogens with zero attached hydrogens (tertiary/aromatic N) is 4. The second-order valence-electron chi connectivity index (χ2n) is 13.1. The number of piperidine rings is 1. The molecule has 0 saturated carbocycles. The molecule has 7 atom stereocenters. The zero-order valence-corrected chi connectivity index (χ0v) is 25.8. The second-order valence-corrected chi connectivity index (χ2v) is 13.1. The number of aliphatic hydroxyl groups is 2.